The summed E-state index contributed by atoms with van der Waals surface area (Å²) in [5, 5.41) is 1.99. The lowest BCUT2D eigenvalue weighted by Gasteiger charge is -2.41. The zero-order valence-electron chi connectivity index (χ0n) is 18.8. The summed E-state index contributed by atoms with van der Waals surface area (Å²) < 4.78 is 10.0. The third kappa shape index (κ3) is 6.66. The van der Waals surface area contributed by atoms with Gasteiger partial charge in [0.2, 0.25) is 6.29 Å². The zero-order chi connectivity index (χ0) is 24.8. The van der Waals surface area contributed by atoms with Crippen molar-refractivity contribution in [2.45, 2.75) is 39.5 Å². The van der Waals surface area contributed by atoms with Crippen LogP contribution in [0.15, 0.2) is 67.3 Å². The SMILES string of the molecule is C=CC(=O)OC(C)OC(=O)N(C(=O)c1ccc(Cl)cc1)N(C(=O)c1ccccc1)C(C)(C)C. The van der Waals surface area contributed by atoms with Gasteiger partial charge in [-0.25, -0.2) is 14.6 Å². The summed E-state index contributed by atoms with van der Waals surface area (Å²) in [5.74, 6) is -2.27. The maximum Gasteiger partial charge on any atom is 0.439 e. The molecule has 1 atom stereocenters. The number of amides is 3. The Morgan fingerprint density at radius 2 is 1.45 bits per heavy atom. The third-order valence-corrected chi connectivity index (χ3v) is 4.47. The molecule has 0 N–H and O–H groups in total. The molecule has 33 heavy (non-hydrogen) atoms. The van der Waals surface area contributed by atoms with Gasteiger partial charge in [0, 0.05) is 29.1 Å². The predicted molar refractivity (Wildman–Crippen MR) is 122 cm³/mol. The molecule has 0 saturated heterocycles. The summed E-state index contributed by atoms with van der Waals surface area (Å²) in [4.78, 5) is 51.5. The molecule has 3 amide bonds. The molecule has 2 aromatic carbocycles. The molecule has 8 nitrogen and oxygen atoms in total. The van der Waals surface area contributed by atoms with Gasteiger partial charge in [-0.05, 0) is 57.2 Å². The number of rotatable bonds is 5. The number of hydrazine groups is 1. The second kappa shape index (κ2) is 10.8. The topological polar surface area (TPSA) is 93.2 Å². The van der Waals surface area contributed by atoms with E-state index in [1.54, 1.807) is 51.1 Å². The average Bonchev–Trinajstić information content (AvgIpc) is 2.76. The minimum atomic E-state index is -1.35. The van der Waals surface area contributed by atoms with Crippen LogP contribution in [0.2, 0.25) is 5.02 Å². The van der Waals surface area contributed by atoms with Gasteiger partial charge in [0.15, 0.2) is 0 Å². The maximum atomic E-state index is 13.4. The fourth-order valence-electron chi connectivity index (χ4n) is 2.80. The van der Waals surface area contributed by atoms with Crippen molar-refractivity contribution in [1.29, 1.82) is 0 Å². The van der Waals surface area contributed by atoms with Crippen molar-refractivity contribution in [1.82, 2.24) is 10.0 Å². The molecule has 0 radical (unpaired) electrons. The van der Waals surface area contributed by atoms with Gasteiger partial charge in [-0.15, -0.1) is 5.01 Å². The first-order valence-corrected chi connectivity index (χ1v) is 10.4. The van der Waals surface area contributed by atoms with Crippen molar-refractivity contribution >= 4 is 35.5 Å². The van der Waals surface area contributed by atoms with E-state index in [1.165, 1.54) is 31.2 Å². The van der Waals surface area contributed by atoms with Gasteiger partial charge in [-0.1, -0.05) is 36.4 Å². The molecule has 0 aliphatic heterocycles. The highest BCUT2D eigenvalue weighted by molar-refractivity contribution is 6.30. The van der Waals surface area contributed by atoms with E-state index in [0.29, 0.717) is 10.0 Å². The minimum absolute atomic E-state index is 0.0854. The number of halogens is 1. The van der Waals surface area contributed by atoms with Crippen LogP contribution in [0.1, 0.15) is 48.4 Å². The highest BCUT2D eigenvalue weighted by Gasteiger charge is 2.41. The minimum Gasteiger partial charge on any atom is -0.422 e. The number of benzene rings is 2. The van der Waals surface area contributed by atoms with Gasteiger partial charge in [-0.2, -0.15) is 0 Å². The molecule has 2 rings (SSSR count). The zero-order valence-corrected chi connectivity index (χ0v) is 19.5. The van der Waals surface area contributed by atoms with Crippen LogP contribution in [-0.2, 0) is 14.3 Å². The van der Waals surface area contributed by atoms with Crippen molar-refractivity contribution < 1.29 is 28.7 Å². The van der Waals surface area contributed by atoms with Crippen LogP contribution in [0.4, 0.5) is 4.79 Å². The standard InChI is InChI=1S/C24H25ClN2O6/c1-6-20(28)32-16(2)33-23(31)26(21(29)18-12-14-19(25)15-13-18)27(24(3,4)5)22(30)17-10-8-7-9-11-17/h6-16H,1H2,2-5H3. The number of nitrogens with zero attached hydrogens (tertiary/aromatic N) is 2. The monoisotopic (exact) mass is 472 g/mol. The lowest BCUT2D eigenvalue weighted by molar-refractivity contribution is -0.161. The molecular formula is C24H25ClN2O6. The lowest BCUT2D eigenvalue weighted by atomic mass is 10.1. The molecule has 0 aromatic heterocycles. The third-order valence-electron chi connectivity index (χ3n) is 4.22. The van der Waals surface area contributed by atoms with Gasteiger partial charge in [0.1, 0.15) is 0 Å². The molecule has 1 unspecified atom stereocenters. The lowest BCUT2D eigenvalue weighted by Crippen LogP contribution is -2.60. The maximum absolute atomic E-state index is 13.4. The molecule has 9 heteroatoms. The Balaban J connectivity index is 2.54. The molecule has 0 aliphatic rings. The Morgan fingerprint density at radius 3 is 1.97 bits per heavy atom. The second-order valence-electron chi connectivity index (χ2n) is 7.87. The Bertz CT molecular complexity index is 1030. The van der Waals surface area contributed by atoms with Crippen LogP contribution in [0.25, 0.3) is 0 Å². The predicted octanol–water partition coefficient (Wildman–Crippen LogP) is 4.85. The summed E-state index contributed by atoms with van der Waals surface area (Å²) in [7, 11) is 0. The molecule has 0 heterocycles. The first-order chi connectivity index (χ1) is 15.5. The number of ether oxygens (including phenoxy) is 2. The summed E-state index contributed by atoms with van der Waals surface area (Å²) in [5.41, 5.74) is -0.697. The van der Waals surface area contributed by atoms with Gasteiger partial charge >= 0.3 is 12.1 Å². The number of carbonyl (C=O) groups is 4. The fourth-order valence-corrected chi connectivity index (χ4v) is 2.92. The van der Waals surface area contributed by atoms with E-state index in [0.717, 1.165) is 11.1 Å². The van der Waals surface area contributed by atoms with Crippen LogP contribution in [0.5, 0.6) is 0 Å². The van der Waals surface area contributed by atoms with Gasteiger partial charge < -0.3 is 9.47 Å². The van der Waals surface area contributed by atoms with E-state index in [4.69, 9.17) is 21.1 Å². The first kappa shape index (κ1) is 25.6. The number of imide groups is 1. The number of hydrogen-bond donors (Lipinski definition) is 0. The molecule has 0 bridgehead atoms. The Morgan fingerprint density at radius 1 is 0.909 bits per heavy atom. The van der Waals surface area contributed by atoms with Crippen molar-refractivity contribution in [3.8, 4) is 0 Å². The molecule has 0 spiro atoms. The van der Waals surface area contributed by atoms with E-state index in [2.05, 4.69) is 6.58 Å². The van der Waals surface area contributed by atoms with E-state index in [1.807, 2.05) is 0 Å². The summed E-state index contributed by atoms with van der Waals surface area (Å²) in [6.45, 7) is 9.54. The van der Waals surface area contributed by atoms with Crippen LogP contribution in [0, 0.1) is 0 Å². The second-order valence-corrected chi connectivity index (χ2v) is 8.31. The highest BCUT2D eigenvalue weighted by atomic mass is 35.5. The Hall–Kier alpha value is -3.65. The van der Waals surface area contributed by atoms with Crippen LogP contribution in [0.3, 0.4) is 0 Å². The van der Waals surface area contributed by atoms with E-state index < -0.39 is 35.7 Å². The summed E-state index contributed by atoms with van der Waals surface area (Å²) in [6, 6.07) is 14.0. The summed E-state index contributed by atoms with van der Waals surface area (Å²) in [6.07, 6.45) is -1.66. The molecule has 2 aromatic rings. The van der Waals surface area contributed by atoms with Crippen molar-refractivity contribution in [2.24, 2.45) is 0 Å². The molecule has 0 aliphatic carbocycles. The smallest absolute Gasteiger partial charge is 0.422 e. The number of esters is 1. The van der Waals surface area contributed by atoms with Crippen LogP contribution < -0.4 is 0 Å². The highest BCUT2D eigenvalue weighted by Crippen LogP contribution is 2.24. The quantitative estimate of drug-likeness (QED) is 0.267. The normalized spacial score (nSPS) is 11.7. The van der Waals surface area contributed by atoms with Crippen molar-refractivity contribution in [2.75, 3.05) is 0 Å². The average molecular weight is 473 g/mol. The first-order valence-electron chi connectivity index (χ1n) is 9.99. The molecular weight excluding hydrogens is 448 g/mol. The van der Waals surface area contributed by atoms with Gasteiger partial charge in [0.05, 0.1) is 5.54 Å². The molecule has 174 valence electrons. The Labute approximate surface area is 197 Å². The fraction of sp³-hybridized carbons (Fsp3) is 0.250. The summed E-state index contributed by atoms with van der Waals surface area (Å²) >= 11 is 5.92. The largest absolute Gasteiger partial charge is 0.439 e. The van der Waals surface area contributed by atoms with Gasteiger partial charge in [-0.3, -0.25) is 9.59 Å². The van der Waals surface area contributed by atoms with Crippen molar-refractivity contribution in [3.05, 3.63) is 83.4 Å². The van der Waals surface area contributed by atoms with E-state index in [-0.39, 0.29) is 11.1 Å². The molecule has 0 saturated carbocycles. The van der Waals surface area contributed by atoms with E-state index >= 15 is 0 Å². The van der Waals surface area contributed by atoms with Crippen molar-refractivity contribution in [3.63, 3.8) is 0 Å². The van der Waals surface area contributed by atoms with Gasteiger partial charge in [0.25, 0.3) is 11.8 Å². The van der Waals surface area contributed by atoms with Crippen LogP contribution >= 0.6 is 11.6 Å². The number of carbonyl (C=O) groups excluding carboxylic acids is 4. The molecule has 0 fully saturated rings. The van der Waals surface area contributed by atoms with Crippen LogP contribution in [-0.4, -0.2) is 45.7 Å². The van der Waals surface area contributed by atoms with E-state index in [9.17, 15) is 19.2 Å². The Kier molecular flexibility index (Phi) is 8.37. The number of hydrogen-bond acceptors (Lipinski definition) is 6.